The van der Waals surface area contributed by atoms with Crippen molar-refractivity contribution in [1.82, 2.24) is 9.71 Å². The van der Waals surface area contributed by atoms with Crippen molar-refractivity contribution in [3.05, 3.63) is 39.3 Å². The van der Waals surface area contributed by atoms with Gasteiger partial charge in [-0.1, -0.05) is 11.6 Å². The summed E-state index contributed by atoms with van der Waals surface area (Å²) in [6.45, 7) is 1.99. The van der Waals surface area contributed by atoms with Crippen molar-refractivity contribution in [2.75, 3.05) is 5.73 Å². The number of aryl methyl sites for hydroxylation is 1. The molecular weight excluding hydrogens is 306 g/mol. The smallest absolute Gasteiger partial charge is 0.242 e. The van der Waals surface area contributed by atoms with E-state index in [1.165, 1.54) is 29.5 Å². The summed E-state index contributed by atoms with van der Waals surface area (Å²) >= 11 is 7.35. The lowest BCUT2D eigenvalue weighted by Gasteiger charge is -2.07. The molecule has 0 radical (unpaired) electrons. The first-order chi connectivity index (χ1) is 8.88. The summed E-state index contributed by atoms with van der Waals surface area (Å²) in [7, 11) is -3.67. The summed E-state index contributed by atoms with van der Waals surface area (Å²) in [5, 5.41) is 2.80. The normalized spacial score (nSPS) is 11.7. The van der Waals surface area contributed by atoms with Gasteiger partial charge in [0.25, 0.3) is 0 Å². The molecule has 0 aliphatic carbocycles. The highest BCUT2D eigenvalue weighted by molar-refractivity contribution is 7.89. The predicted molar refractivity (Wildman–Crippen MR) is 76.7 cm³/mol. The molecule has 1 aromatic carbocycles. The Morgan fingerprint density at radius 2 is 2.21 bits per heavy atom. The van der Waals surface area contributed by atoms with Gasteiger partial charge in [0.15, 0.2) is 0 Å². The first kappa shape index (κ1) is 14.3. The Bertz CT molecular complexity index is 698. The topological polar surface area (TPSA) is 85.1 Å². The van der Waals surface area contributed by atoms with Gasteiger partial charge >= 0.3 is 0 Å². The van der Waals surface area contributed by atoms with Gasteiger partial charge in [-0.2, -0.15) is 0 Å². The largest absolute Gasteiger partial charge is 0.399 e. The zero-order valence-corrected chi connectivity index (χ0v) is 12.4. The molecule has 0 spiro atoms. The van der Waals surface area contributed by atoms with E-state index in [-0.39, 0.29) is 16.5 Å². The highest BCUT2D eigenvalue weighted by Crippen LogP contribution is 2.23. The monoisotopic (exact) mass is 317 g/mol. The van der Waals surface area contributed by atoms with Gasteiger partial charge < -0.3 is 5.73 Å². The lowest BCUT2D eigenvalue weighted by Crippen LogP contribution is -2.23. The second-order valence-corrected chi connectivity index (χ2v) is 7.08. The van der Waals surface area contributed by atoms with Gasteiger partial charge in [0.1, 0.15) is 4.90 Å². The maximum Gasteiger partial charge on any atom is 0.242 e. The van der Waals surface area contributed by atoms with Gasteiger partial charge in [-0.15, -0.1) is 11.3 Å². The third-order valence-electron chi connectivity index (χ3n) is 2.36. The number of aromatic nitrogens is 1. The average molecular weight is 318 g/mol. The molecule has 1 aromatic heterocycles. The van der Waals surface area contributed by atoms with E-state index >= 15 is 0 Å². The van der Waals surface area contributed by atoms with E-state index in [9.17, 15) is 8.42 Å². The molecule has 0 saturated heterocycles. The highest BCUT2D eigenvalue weighted by atomic mass is 35.5. The molecule has 0 atom stereocenters. The van der Waals surface area contributed by atoms with Crippen LogP contribution in [0.25, 0.3) is 0 Å². The number of nitrogens with one attached hydrogen (secondary N) is 1. The molecule has 0 aliphatic heterocycles. The van der Waals surface area contributed by atoms with Crippen LogP contribution in [0.15, 0.2) is 28.5 Å². The first-order valence-electron chi connectivity index (χ1n) is 5.34. The number of anilines is 1. The molecule has 102 valence electrons. The molecule has 0 aliphatic rings. The summed E-state index contributed by atoms with van der Waals surface area (Å²) < 4.78 is 26.6. The maximum atomic E-state index is 12.1. The number of hydrogen-bond donors (Lipinski definition) is 2. The van der Waals surface area contributed by atoms with Gasteiger partial charge in [-0.3, -0.25) is 0 Å². The molecule has 2 aromatic rings. The number of sulfonamides is 1. The molecule has 2 rings (SSSR count). The number of nitrogens with two attached hydrogens (primary N) is 1. The number of hydrogen-bond acceptors (Lipinski definition) is 5. The van der Waals surface area contributed by atoms with E-state index < -0.39 is 10.0 Å². The number of thiazole rings is 1. The van der Waals surface area contributed by atoms with Crippen molar-refractivity contribution >= 4 is 38.6 Å². The van der Waals surface area contributed by atoms with Crippen LogP contribution in [0.5, 0.6) is 0 Å². The lowest BCUT2D eigenvalue weighted by atomic mass is 10.3. The van der Waals surface area contributed by atoms with Gasteiger partial charge in [0.2, 0.25) is 10.0 Å². The third-order valence-corrected chi connectivity index (χ3v) is 5.06. The summed E-state index contributed by atoms with van der Waals surface area (Å²) in [5.74, 6) is 0. The summed E-state index contributed by atoms with van der Waals surface area (Å²) in [6.07, 6.45) is 0. The van der Waals surface area contributed by atoms with E-state index in [0.717, 1.165) is 5.01 Å². The van der Waals surface area contributed by atoms with Crippen molar-refractivity contribution in [3.8, 4) is 0 Å². The number of rotatable bonds is 4. The van der Waals surface area contributed by atoms with Crippen LogP contribution in [0.3, 0.4) is 0 Å². The van der Waals surface area contributed by atoms with Crippen LogP contribution in [0.2, 0.25) is 5.02 Å². The quantitative estimate of drug-likeness (QED) is 0.846. The van der Waals surface area contributed by atoms with Crippen LogP contribution in [-0.4, -0.2) is 13.4 Å². The summed E-state index contributed by atoms with van der Waals surface area (Å²) in [6, 6.07) is 4.28. The minimum absolute atomic E-state index is 0.00955. The first-order valence-corrected chi connectivity index (χ1v) is 8.08. The van der Waals surface area contributed by atoms with Crippen molar-refractivity contribution < 1.29 is 8.42 Å². The van der Waals surface area contributed by atoms with E-state index in [4.69, 9.17) is 17.3 Å². The van der Waals surface area contributed by atoms with Crippen LogP contribution in [0.1, 0.15) is 10.7 Å². The predicted octanol–water partition coefficient (Wildman–Crippen LogP) is 2.17. The second kappa shape index (κ2) is 5.46. The Hall–Kier alpha value is -1.15. The number of benzene rings is 1. The Morgan fingerprint density at radius 1 is 1.47 bits per heavy atom. The number of halogens is 1. The fourth-order valence-electron chi connectivity index (χ4n) is 1.47. The van der Waals surface area contributed by atoms with Crippen LogP contribution < -0.4 is 10.5 Å². The minimum Gasteiger partial charge on any atom is -0.399 e. The van der Waals surface area contributed by atoms with Gasteiger partial charge in [-0.25, -0.2) is 18.1 Å². The maximum absolute atomic E-state index is 12.1. The fraction of sp³-hybridized carbons (Fsp3) is 0.182. The molecule has 0 saturated carbocycles. The van der Waals surface area contributed by atoms with E-state index in [1.807, 2.05) is 12.3 Å². The molecule has 19 heavy (non-hydrogen) atoms. The Labute approximate surface area is 120 Å². The van der Waals surface area contributed by atoms with Crippen molar-refractivity contribution in [3.63, 3.8) is 0 Å². The van der Waals surface area contributed by atoms with E-state index in [2.05, 4.69) is 9.71 Å². The van der Waals surface area contributed by atoms with E-state index in [1.54, 1.807) is 0 Å². The molecule has 0 amide bonds. The summed E-state index contributed by atoms with van der Waals surface area (Å²) in [4.78, 5) is 4.19. The molecule has 8 heteroatoms. The third kappa shape index (κ3) is 3.44. The van der Waals surface area contributed by atoms with Crippen LogP contribution in [0, 0.1) is 6.92 Å². The minimum atomic E-state index is -3.67. The summed E-state index contributed by atoms with van der Waals surface area (Å²) in [5.41, 5.74) is 6.62. The van der Waals surface area contributed by atoms with Crippen molar-refractivity contribution in [1.29, 1.82) is 0 Å². The van der Waals surface area contributed by atoms with Crippen LogP contribution >= 0.6 is 22.9 Å². The lowest BCUT2D eigenvalue weighted by molar-refractivity contribution is 0.580. The Kier molecular flexibility index (Phi) is 4.10. The molecular formula is C11H12ClN3O2S2. The molecule has 3 N–H and O–H groups in total. The zero-order valence-electron chi connectivity index (χ0n) is 10.1. The number of nitrogen functional groups attached to an aromatic ring is 1. The fourth-order valence-corrected chi connectivity index (χ4v) is 3.63. The van der Waals surface area contributed by atoms with Gasteiger partial charge in [0.05, 0.1) is 22.3 Å². The Morgan fingerprint density at radius 3 is 2.79 bits per heavy atom. The van der Waals surface area contributed by atoms with Crippen molar-refractivity contribution in [2.24, 2.45) is 0 Å². The Balaban J connectivity index is 2.18. The average Bonchev–Trinajstić information content (AvgIpc) is 2.72. The van der Waals surface area contributed by atoms with Crippen LogP contribution in [-0.2, 0) is 16.6 Å². The standard InChI is InChI=1S/C11H12ClN3O2S2/c1-7-15-9(6-18-7)5-14-19(16,17)11-3-2-8(13)4-10(11)12/h2-4,6,14H,5,13H2,1H3. The van der Waals surface area contributed by atoms with E-state index in [0.29, 0.717) is 11.4 Å². The molecule has 0 unspecified atom stereocenters. The zero-order chi connectivity index (χ0) is 14.0. The molecule has 0 fully saturated rings. The molecule has 5 nitrogen and oxygen atoms in total. The SMILES string of the molecule is Cc1nc(CNS(=O)(=O)c2ccc(N)cc2Cl)cs1. The molecule has 0 bridgehead atoms. The van der Waals surface area contributed by atoms with Gasteiger partial charge in [-0.05, 0) is 25.1 Å². The van der Waals surface area contributed by atoms with Gasteiger partial charge in [0, 0.05) is 11.1 Å². The molecule has 1 heterocycles. The highest BCUT2D eigenvalue weighted by Gasteiger charge is 2.18. The van der Waals surface area contributed by atoms with Crippen LogP contribution in [0.4, 0.5) is 5.69 Å². The second-order valence-electron chi connectivity index (χ2n) is 3.87. The number of nitrogens with zero attached hydrogens (tertiary/aromatic N) is 1. The van der Waals surface area contributed by atoms with Crippen molar-refractivity contribution in [2.45, 2.75) is 18.4 Å².